The van der Waals surface area contributed by atoms with E-state index in [1.807, 2.05) is 31.2 Å². The maximum atomic E-state index is 12.9. The van der Waals surface area contributed by atoms with E-state index >= 15 is 0 Å². The highest BCUT2D eigenvalue weighted by molar-refractivity contribution is 5.90. The van der Waals surface area contributed by atoms with Crippen molar-refractivity contribution >= 4 is 17.4 Å². The monoisotopic (exact) mass is 418 g/mol. The molecule has 30 heavy (non-hydrogen) atoms. The van der Waals surface area contributed by atoms with Crippen molar-refractivity contribution in [3.63, 3.8) is 0 Å². The summed E-state index contributed by atoms with van der Waals surface area (Å²) in [5.41, 5.74) is 1.14. The number of amides is 1. The Balaban J connectivity index is 0.000000232. The van der Waals surface area contributed by atoms with Crippen LogP contribution in [-0.2, 0) is 11.0 Å². The summed E-state index contributed by atoms with van der Waals surface area (Å²) in [6, 6.07) is 10.5. The maximum Gasteiger partial charge on any atom is 0.417 e. The van der Waals surface area contributed by atoms with Crippen LogP contribution in [-0.4, -0.2) is 31.0 Å². The van der Waals surface area contributed by atoms with Crippen molar-refractivity contribution in [1.82, 2.24) is 4.98 Å². The van der Waals surface area contributed by atoms with E-state index in [0.29, 0.717) is 13.1 Å². The summed E-state index contributed by atoms with van der Waals surface area (Å²) in [5, 5.41) is 9.00. The number of aryl methyl sites for hydroxylation is 2. The van der Waals surface area contributed by atoms with Crippen LogP contribution in [0, 0.1) is 25.2 Å². The molecule has 2 aromatic rings. The Hall–Kier alpha value is -3.08. The highest BCUT2D eigenvalue weighted by atomic mass is 19.4. The number of halogens is 3. The van der Waals surface area contributed by atoms with Crippen LogP contribution < -0.4 is 9.80 Å². The van der Waals surface area contributed by atoms with E-state index in [9.17, 15) is 18.0 Å². The number of alkyl halides is 3. The first-order valence-electron chi connectivity index (χ1n) is 9.59. The lowest BCUT2D eigenvalue weighted by Crippen LogP contribution is -2.22. The predicted octanol–water partition coefficient (Wildman–Crippen LogP) is 4.86. The number of benzene rings is 1. The summed E-state index contributed by atoms with van der Waals surface area (Å²) in [4.78, 5) is 18.5. The SMILES string of the molecule is CC(=O)N(C)c1cccc(C)c1.Cc1cc(C(F)(F)F)c(C#N)c(N2CCCC2)n1. The highest BCUT2D eigenvalue weighted by Crippen LogP contribution is 2.36. The van der Waals surface area contributed by atoms with Gasteiger partial charge in [0.25, 0.3) is 0 Å². The molecule has 0 spiro atoms. The number of carbonyl (C=O) groups is 1. The summed E-state index contributed by atoms with van der Waals surface area (Å²) < 4.78 is 38.7. The number of aromatic nitrogens is 1. The molecule has 5 nitrogen and oxygen atoms in total. The molecule has 0 saturated carbocycles. The molecule has 0 aliphatic carbocycles. The van der Waals surface area contributed by atoms with E-state index in [0.717, 1.165) is 24.6 Å². The molecule has 1 amide bonds. The summed E-state index contributed by atoms with van der Waals surface area (Å²) >= 11 is 0. The lowest BCUT2D eigenvalue weighted by molar-refractivity contribution is -0.137. The van der Waals surface area contributed by atoms with Gasteiger partial charge >= 0.3 is 6.18 Å². The minimum Gasteiger partial charge on any atom is -0.356 e. The molecular weight excluding hydrogens is 393 g/mol. The van der Waals surface area contributed by atoms with Gasteiger partial charge in [-0.15, -0.1) is 0 Å². The molecule has 2 heterocycles. The molecule has 1 aromatic carbocycles. The molecule has 0 bridgehead atoms. The van der Waals surface area contributed by atoms with Gasteiger partial charge in [-0.05, 0) is 50.5 Å². The second-order valence-electron chi connectivity index (χ2n) is 7.23. The van der Waals surface area contributed by atoms with Gasteiger partial charge in [0.15, 0.2) is 0 Å². The Morgan fingerprint density at radius 1 is 1.20 bits per heavy atom. The van der Waals surface area contributed by atoms with Crippen LogP contribution in [0.4, 0.5) is 24.7 Å². The third kappa shape index (κ3) is 5.72. The third-order valence-corrected chi connectivity index (χ3v) is 4.81. The van der Waals surface area contributed by atoms with Gasteiger partial charge in [0, 0.05) is 38.4 Å². The Kier molecular flexibility index (Phi) is 7.43. The Bertz CT molecular complexity index is 944. The number of carbonyl (C=O) groups excluding carboxylic acids is 1. The van der Waals surface area contributed by atoms with Crippen molar-refractivity contribution < 1.29 is 18.0 Å². The van der Waals surface area contributed by atoms with E-state index in [4.69, 9.17) is 5.26 Å². The molecule has 8 heteroatoms. The van der Waals surface area contributed by atoms with Crippen molar-refractivity contribution in [2.75, 3.05) is 29.9 Å². The van der Waals surface area contributed by atoms with Crippen LogP contribution in [0.25, 0.3) is 0 Å². The molecule has 1 saturated heterocycles. The van der Waals surface area contributed by atoms with Crippen LogP contribution in [0.3, 0.4) is 0 Å². The minimum atomic E-state index is -4.52. The van der Waals surface area contributed by atoms with Gasteiger partial charge in [-0.3, -0.25) is 4.79 Å². The van der Waals surface area contributed by atoms with Gasteiger partial charge in [0.2, 0.25) is 5.91 Å². The molecular formula is C22H25F3N4O. The van der Waals surface area contributed by atoms with E-state index in [1.165, 1.54) is 12.5 Å². The summed E-state index contributed by atoms with van der Waals surface area (Å²) in [6.07, 6.45) is -2.68. The van der Waals surface area contributed by atoms with E-state index < -0.39 is 11.7 Å². The maximum absolute atomic E-state index is 12.9. The molecule has 0 radical (unpaired) electrons. The number of anilines is 2. The molecule has 1 aliphatic rings. The first kappa shape index (κ1) is 23.2. The number of hydrogen-bond acceptors (Lipinski definition) is 4. The van der Waals surface area contributed by atoms with E-state index in [1.54, 1.807) is 29.8 Å². The molecule has 1 aliphatic heterocycles. The van der Waals surface area contributed by atoms with Crippen molar-refractivity contribution in [3.05, 3.63) is 52.7 Å². The average molecular weight is 418 g/mol. The number of pyridine rings is 1. The first-order valence-corrected chi connectivity index (χ1v) is 9.59. The van der Waals surface area contributed by atoms with Gasteiger partial charge in [0.05, 0.1) is 5.56 Å². The van der Waals surface area contributed by atoms with Crippen molar-refractivity contribution in [1.29, 1.82) is 5.26 Å². The zero-order chi connectivity index (χ0) is 22.5. The number of rotatable bonds is 2. The summed E-state index contributed by atoms with van der Waals surface area (Å²) in [6.45, 7) is 6.39. The molecule has 0 N–H and O–H groups in total. The summed E-state index contributed by atoms with van der Waals surface area (Å²) in [7, 11) is 1.77. The van der Waals surface area contributed by atoms with Gasteiger partial charge in [0.1, 0.15) is 17.5 Å². The van der Waals surface area contributed by atoms with Crippen molar-refractivity contribution in [2.45, 2.75) is 39.8 Å². The fourth-order valence-electron chi connectivity index (χ4n) is 3.17. The Morgan fingerprint density at radius 2 is 1.83 bits per heavy atom. The number of nitriles is 1. The van der Waals surface area contributed by atoms with Crippen LogP contribution in [0.2, 0.25) is 0 Å². The van der Waals surface area contributed by atoms with Crippen LogP contribution in [0.5, 0.6) is 0 Å². The number of hydrogen-bond donors (Lipinski definition) is 0. The molecule has 1 aromatic heterocycles. The molecule has 3 rings (SSSR count). The van der Waals surface area contributed by atoms with E-state index in [2.05, 4.69) is 4.98 Å². The Labute approximate surface area is 174 Å². The van der Waals surface area contributed by atoms with Crippen LogP contribution in [0.1, 0.15) is 42.1 Å². The van der Waals surface area contributed by atoms with Crippen LogP contribution >= 0.6 is 0 Å². The van der Waals surface area contributed by atoms with Gasteiger partial charge < -0.3 is 9.80 Å². The standard InChI is InChI=1S/C12H12F3N3.C10H13NO/c1-8-6-10(12(13,14)15)9(7-16)11(17-8)18-4-2-3-5-18;1-8-5-4-6-10(7-8)11(3)9(2)12/h6H,2-5H2,1H3;4-7H,1-3H3. The zero-order valence-electron chi connectivity index (χ0n) is 17.5. The second kappa shape index (κ2) is 9.61. The zero-order valence-corrected chi connectivity index (χ0v) is 17.5. The smallest absolute Gasteiger partial charge is 0.356 e. The highest BCUT2D eigenvalue weighted by Gasteiger charge is 2.36. The fraction of sp³-hybridized carbons (Fsp3) is 0.409. The molecule has 0 unspecified atom stereocenters. The average Bonchev–Trinajstić information content (AvgIpc) is 3.21. The van der Waals surface area contributed by atoms with Gasteiger partial charge in [-0.25, -0.2) is 4.98 Å². The lowest BCUT2D eigenvalue weighted by Gasteiger charge is -2.20. The quantitative estimate of drug-likeness (QED) is 0.699. The van der Waals surface area contributed by atoms with E-state index in [-0.39, 0.29) is 23.0 Å². The predicted molar refractivity (Wildman–Crippen MR) is 110 cm³/mol. The van der Waals surface area contributed by atoms with Crippen molar-refractivity contribution in [3.8, 4) is 6.07 Å². The topological polar surface area (TPSA) is 60.2 Å². The largest absolute Gasteiger partial charge is 0.417 e. The van der Waals surface area contributed by atoms with Crippen molar-refractivity contribution in [2.24, 2.45) is 0 Å². The molecule has 0 atom stereocenters. The normalized spacial score (nSPS) is 13.3. The van der Waals surface area contributed by atoms with Gasteiger partial charge in [-0.1, -0.05) is 12.1 Å². The number of nitrogens with zero attached hydrogens (tertiary/aromatic N) is 4. The van der Waals surface area contributed by atoms with Gasteiger partial charge in [-0.2, -0.15) is 18.4 Å². The molecule has 1 fully saturated rings. The van der Waals surface area contributed by atoms with Crippen LogP contribution in [0.15, 0.2) is 30.3 Å². The summed E-state index contributed by atoms with van der Waals surface area (Å²) in [5.74, 6) is 0.225. The lowest BCUT2D eigenvalue weighted by atomic mass is 10.1. The fourth-order valence-corrected chi connectivity index (χ4v) is 3.17. The first-order chi connectivity index (χ1) is 14.0. The Morgan fingerprint density at radius 3 is 2.33 bits per heavy atom. The third-order valence-electron chi connectivity index (χ3n) is 4.81. The minimum absolute atomic E-state index is 0.0561. The second-order valence-corrected chi connectivity index (χ2v) is 7.23. The molecule has 160 valence electrons.